The van der Waals surface area contributed by atoms with Gasteiger partial charge in [0.1, 0.15) is 17.2 Å². The van der Waals surface area contributed by atoms with Crippen LogP contribution in [0.2, 0.25) is 0 Å². The Morgan fingerprint density at radius 1 is 1.39 bits per heavy atom. The first-order chi connectivity index (χ1) is 10.8. The molecule has 6 nitrogen and oxygen atoms in total. The highest BCUT2D eigenvalue weighted by Gasteiger charge is 2.36. The summed E-state index contributed by atoms with van der Waals surface area (Å²) in [6.45, 7) is 3.28. The van der Waals surface area contributed by atoms with Crippen molar-refractivity contribution in [1.29, 1.82) is 0 Å². The number of hydrogen-bond donors (Lipinski definition) is 2. The topological polar surface area (TPSA) is 93.1 Å². The van der Waals surface area contributed by atoms with Crippen LogP contribution < -0.4 is 9.47 Å². The highest BCUT2D eigenvalue weighted by Crippen LogP contribution is 2.48. The van der Waals surface area contributed by atoms with Gasteiger partial charge in [-0.05, 0) is 12.1 Å². The molecule has 0 fully saturated rings. The van der Waals surface area contributed by atoms with E-state index in [9.17, 15) is 14.7 Å². The van der Waals surface area contributed by atoms with Gasteiger partial charge in [-0.25, -0.2) is 4.79 Å². The third-order valence-electron chi connectivity index (χ3n) is 3.94. The van der Waals surface area contributed by atoms with Gasteiger partial charge in [-0.1, -0.05) is 26.0 Å². The number of rotatable bonds is 3. The number of hydrogen-bond acceptors (Lipinski definition) is 5. The summed E-state index contributed by atoms with van der Waals surface area (Å²) in [6, 6.07) is 6.48. The summed E-state index contributed by atoms with van der Waals surface area (Å²) in [5, 5.41) is 20.0. The summed E-state index contributed by atoms with van der Waals surface area (Å²) < 4.78 is 10.6. The predicted molar refractivity (Wildman–Crippen MR) is 82.0 cm³/mol. The lowest BCUT2D eigenvalue weighted by Gasteiger charge is -2.32. The third kappa shape index (κ3) is 2.56. The van der Waals surface area contributed by atoms with Crippen molar-refractivity contribution in [2.24, 2.45) is 0 Å². The maximum atomic E-state index is 11.9. The van der Waals surface area contributed by atoms with Crippen molar-refractivity contribution < 1.29 is 29.3 Å². The number of esters is 1. The van der Waals surface area contributed by atoms with Gasteiger partial charge in [-0.15, -0.1) is 0 Å². The van der Waals surface area contributed by atoms with E-state index >= 15 is 0 Å². The molecular weight excluding hydrogens is 300 g/mol. The Morgan fingerprint density at radius 3 is 2.83 bits per heavy atom. The minimum absolute atomic E-state index is 0.0363. The number of ether oxygens (including phenoxy) is 2. The number of aromatic hydroxyl groups is 1. The molecule has 0 amide bonds. The van der Waals surface area contributed by atoms with Gasteiger partial charge in [-0.3, -0.25) is 4.79 Å². The smallest absolute Gasteiger partial charge is 0.341 e. The number of aliphatic carboxylic acids is 1. The molecule has 2 aromatic rings. The number of phenolic OH excluding ortho intramolecular Hbond substituents is 1. The van der Waals surface area contributed by atoms with Gasteiger partial charge in [0.25, 0.3) is 0 Å². The van der Waals surface area contributed by atoms with E-state index in [0.29, 0.717) is 16.5 Å². The van der Waals surface area contributed by atoms with Crippen LogP contribution in [0.1, 0.15) is 25.8 Å². The van der Waals surface area contributed by atoms with E-state index in [4.69, 9.17) is 14.6 Å². The fourth-order valence-electron chi connectivity index (χ4n) is 2.88. The molecule has 1 heterocycles. The molecule has 0 bridgehead atoms. The van der Waals surface area contributed by atoms with E-state index in [1.54, 1.807) is 24.3 Å². The summed E-state index contributed by atoms with van der Waals surface area (Å²) in [5.41, 5.74) is 0.270. The van der Waals surface area contributed by atoms with E-state index in [2.05, 4.69) is 0 Å². The Kier molecular flexibility index (Phi) is 3.39. The summed E-state index contributed by atoms with van der Waals surface area (Å²) >= 11 is 0. The van der Waals surface area contributed by atoms with E-state index in [0.717, 1.165) is 5.56 Å². The molecule has 0 saturated carbocycles. The van der Waals surface area contributed by atoms with Gasteiger partial charge in [0.2, 0.25) is 0 Å². The zero-order valence-electron chi connectivity index (χ0n) is 12.8. The molecule has 23 heavy (non-hydrogen) atoms. The van der Waals surface area contributed by atoms with Crippen molar-refractivity contribution >= 4 is 22.7 Å². The summed E-state index contributed by atoms with van der Waals surface area (Å²) in [5.74, 6) is -0.881. The van der Waals surface area contributed by atoms with Crippen LogP contribution in [0.25, 0.3) is 10.8 Å². The quantitative estimate of drug-likeness (QED) is 0.668. The molecule has 3 rings (SSSR count). The lowest BCUT2D eigenvalue weighted by atomic mass is 9.78. The molecule has 0 aromatic heterocycles. The Labute approximate surface area is 132 Å². The molecule has 1 aliphatic heterocycles. The van der Waals surface area contributed by atoms with Crippen molar-refractivity contribution in [2.45, 2.75) is 25.7 Å². The Bertz CT molecular complexity index is 821. The van der Waals surface area contributed by atoms with Crippen LogP contribution >= 0.6 is 0 Å². The monoisotopic (exact) mass is 316 g/mol. The second kappa shape index (κ2) is 5.15. The normalized spacial score (nSPS) is 15.8. The van der Waals surface area contributed by atoms with Crippen LogP contribution in [-0.2, 0) is 15.0 Å². The van der Waals surface area contributed by atoms with Crippen LogP contribution in [0, 0.1) is 0 Å². The van der Waals surface area contributed by atoms with Crippen LogP contribution in [0.5, 0.6) is 17.2 Å². The van der Waals surface area contributed by atoms with Crippen LogP contribution in [-0.4, -0.2) is 28.8 Å². The number of carboxylic acids is 1. The van der Waals surface area contributed by atoms with Crippen LogP contribution in [0.15, 0.2) is 24.3 Å². The van der Waals surface area contributed by atoms with Crippen molar-refractivity contribution in [1.82, 2.24) is 0 Å². The maximum Gasteiger partial charge on any atom is 0.341 e. The van der Waals surface area contributed by atoms with E-state index < -0.39 is 18.0 Å². The number of phenols is 1. The number of carboxylic acid groups (broad SMARTS) is 1. The van der Waals surface area contributed by atoms with Gasteiger partial charge < -0.3 is 19.7 Å². The number of carbonyl (C=O) groups is 2. The number of benzene rings is 2. The van der Waals surface area contributed by atoms with Gasteiger partial charge in [0.05, 0.1) is 11.8 Å². The zero-order chi connectivity index (χ0) is 16.8. The van der Waals surface area contributed by atoms with Crippen molar-refractivity contribution in [2.75, 3.05) is 6.61 Å². The van der Waals surface area contributed by atoms with Gasteiger partial charge in [0, 0.05) is 16.4 Å². The van der Waals surface area contributed by atoms with Crippen LogP contribution in [0.3, 0.4) is 0 Å². The third-order valence-corrected chi connectivity index (χ3v) is 3.94. The SMILES string of the molecule is CC1(C)CC(=O)Oc2c1cc(O)c1c(OCC(=O)O)cccc21. The fraction of sp³-hybridized carbons (Fsp3) is 0.294. The van der Waals surface area contributed by atoms with Crippen molar-refractivity contribution in [3.8, 4) is 17.2 Å². The highest BCUT2D eigenvalue weighted by molar-refractivity contribution is 6.01. The summed E-state index contributed by atoms with van der Waals surface area (Å²) in [4.78, 5) is 22.6. The summed E-state index contributed by atoms with van der Waals surface area (Å²) in [6.07, 6.45) is 0.222. The predicted octanol–water partition coefficient (Wildman–Crippen LogP) is 2.60. The molecule has 2 aromatic carbocycles. The van der Waals surface area contributed by atoms with E-state index in [-0.39, 0.29) is 23.9 Å². The largest absolute Gasteiger partial charge is 0.507 e. The first kappa shape index (κ1) is 15.1. The van der Waals surface area contributed by atoms with Crippen molar-refractivity contribution in [3.05, 3.63) is 29.8 Å². The lowest BCUT2D eigenvalue weighted by molar-refractivity contribution is -0.139. The second-order valence-corrected chi connectivity index (χ2v) is 6.17. The Balaban J connectivity index is 2.25. The maximum absolute atomic E-state index is 11.9. The highest BCUT2D eigenvalue weighted by atomic mass is 16.5. The van der Waals surface area contributed by atoms with E-state index in [1.807, 2.05) is 13.8 Å². The minimum Gasteiger partial charge on any atom is -0.507 e. The molecule has 0 unspecified atom stereocenters. The van der Waals surface area contributed by atoms with Gasteiger partial charge in [-0.2, -0.15) is 0 Å². The summed E-state index contributed by atoms with van der Waals surface area (Å²) in [7, 11) is 0. The van der Waals surface area contributed by atoms with Gasteiger partial charge in [0.15, 0.2) is 6.61 Å². The lowest BCUT2D eigenvalue weighted by Crippen LogP contribution is -2.30. The molecule has 2 N–H and O–H groups in total. The molecule has 120 valence electrons. The first-order valence-electron chi connectivity index (χ1n) is 7.14. The molecule has 0 radical (unpaired) electrons. The molecule has 0 saturated heterocycles. The fourth-order valence-corrected chi connectivity index (χ4v) is 2.88. The first-order valence-corrected chi connectivity index (χ1v) is 7.14. The number of fused-ring (bicyclic) bond motifs is 3. The number of carbonyl (C=O) groups excluding carboxylic acids is 1. The molecular formula is C17H16O6. The molecule has 1 aliphatic rings. The standard InChI is InChI=1S/C17H16O6/c1-17(2)7-14(21)23-16-9-4-3-5-12(22-8-13(19)20)15(9)11(18)6-10(16)17/h3-6,18H,7-8H2,1-2H3,(H,19,20). The van der Waals surface area contributed by atoms with Gasteiger partial charge >= 0.3 is 11.9 Å². The average molecular weight is 316 g/mol. The molecule has 6 heteroatoms. The van der Waals surface area contributed by atoms with Crippen molar-refractivity contribution in [3.63, 3.8) is 0 Å². The molecule has 0 aliphatic carbocycles. The zero-order valence-corrected chi connectivity index (χ0v) is 12.8. The second-order valence-electron chi connectivity index (χ2n) is 6.17. The average Bonchev–Trinajstić information content (AvgIpc) is 2.45. The van der Waals surface area contributed by atoms with Crippen LogP contribution in [0.4, 0.5) is 0 Å². The Morgan fingerprint density at radius 2 is 2.13 bits per heavy atom. The molecule has 0 atom stereocenters. The minimum atomic E-state index is -1.12. The van der Waals surface area contributed by atoms with E-state index in [1.165, 1.54) is 0 Å². The molecule has 0 spiro atoms. The Hall–Kier alpha value is -2.76.